The zero-order chi connectivity index (χ0) is 12.5. The first-order chi connectivity index (χ1) is 8.22. The fourth-order valence-corrected chi connectivity index (χ4v) is 1.08. The van der Waals surface area contributed by atoms with Crippen molar-refractivity contribution in [2.24, 2.45) is 4.99 Å². The first-order valence-corrected chi connectivity index (χ1v) is 5.41. The fourth-order valence-electron chi connectivity index (χ4n) is 1.01. The van der Waals surface area contributed by atoms with Gasteiger partial charge in [0.2, 0.25) is 5.91 Å². The molecular weight excluding hydrogens is 240 g/mol. The molecule has 88 valence electrons. The van der Waals surface area contributed by atoms with Crippen molar-refractivity contribution in [2.45, 2.75) is 0 Å². The molecule has 0 heterocycles. The standard InChI is InChI=1S/C12H11ClN2O2/c13-9-11(16)15-12(17)14-8-4-7-10-5-2-1-3-6-10/h1-8H,9H2,(H,15,16,17). The summed E-state index contributed by atoms with van der Waals surface area (Å²) in [7, 11) is 0. The number of nitrogens with zero attached hydrogens (tertiary/aromatic N) is 1. The Balaban J connectivity index is 2.42. The van der Waals surface area contributed by atoms with Gasteiger partial charge in [0.1, 0.15) is 5.88 Å². The number of hydrogen-bond acceptors (Lipinski definition) is 2. The van der Waals surface area contributed by atoms with Crippen molar-refractivity contribution in [1.82, 2.24) is 5.32 Å². The van der Waals surface area contributed by atoms with Crippen LogP contribution in [-0.2, 0) is 4.79 Å². The molecule has 1 aromatic carbocycles. The third kappa shape index (κ3) is 5.63. The van der Waals surface area contributed by atoms with Crippen LogP contribution in [-0.4, -0.2) is 24.0 Å². The Hall–Kier alpha value is -1.94. The topological polar surface area (TPSA) is 58.5 Å². The van der Waals surface area contributed by atoms with Crippen LogP contribution < -0.4 is 5.32 Å². The van der Waals surface area contributed by atoms with Crippen LogP contribution in [0.1, 0.15) is 5.56 Å². The molecule has 0 aliphatic heterocycles. The van der Waals surface area contributed by atoms with E-state index in [4.69, 9.17) is 11.6 Å². The van der Waals surface area contributed by atoms with Crippen LogP contribution in [0.25, 0.3) is 6.08 Å². The minimum atomic E-state index is -0.728. The number of allylic oxidation sites excluding steroid dienone is 1. The Morgan fingerprint density at radius 1 is 1.29 bits per heavy atom. The molecular formula is C12H11ClN2O2. The van der Waals surface area contributed by atoms with Crippen molar-refractivity contribution < 1.29 is 9.59 Å². The minimum Gasteiger partial charge on any atom is -0.275 e. The van der Waals surface area contributed by atoms with Crippen molar-refractivity contribution in [3.63, 3.8) is 0 Å². The number of aliphatic imine (C=N–C) groups is 1. The third-order valence-corrected chi connectivity index (χ3v) is 1.98. The van der Waals surface area contributed by atoms with Gasteiger partial charge >= 0.3 is 6.03 Å². The number of halogens is 1. The third-order valence-electron chi connectivity index (χ3n) is 1.73. The predicted molar refractivity (Wildman–Crippen MR) is 68.2 cm³/mol. The van der Waals surface area contributed by atoms with E-state index in [1.807, 2.05) is 35.6 Å². The van der Waals surface area contributed by atoms with Crippen LogP contribution in [0.5, 0.6) is 0 Å². The van der Waals surface area contributed by atoms with Gasteiger partial charge in [-0.3, -0.25) is 10.1 Å². The maximum atomic E-state index is 11.0. The summed E-state index contributed by atoms with van der Waals surface area (Å²) < 4.78 is 0. The van der Waals surface area contributed by atoms with Gasteiger partial charge in [-0.05, 0) is 11.6 Å². The Bertz CT molecular complexity index is 441. The number of hydrogen-bond donors (Lipinski definition) is 1. The van der Waals surface area contributed by atoms with E-state index < -0.39 is 11.9 Å². The van der Waals surface area contributed by atoms with Gasteiger partial charge in [-0.1, -0.05) is 36.4 Å². The molecule has 1 aromatic rings. The molecule has 0 bridgehead atoms. The molecule has 0 aromatic heterocycles. The zero-order valence-electron chi connectivity index (χ0n) is 8.97. The van der Waals surface area contributed by atoms with Crippen LogP contribution in [0.4, 0.5) is 4.79 Å². The lowest BCUT2D eigenvalue weighted by atomic mass is 10.2. The van der Waals surface area contributed by atoms with Gasteiger partial charge in [-0.2, -0.15) is 0 Å². The van der Waals surface area contributed by atoms with Crippen LogP contribution in [0.3, 0.4) is 0 Å². The molecule has 5 heteroatoms. The zero-order valence-corrected chi connectivity index (χ0v) is 9.72. The maximum Gasteiger partial charge on any atom is 0.347 e. The lowest BCUT2D eigenvalue weighted by molar-refractivity contribution is -0.117. The molecule has 4 nitrogen and oxygen atoms in total. The largest absolute Gasteiger partial charge is 0.347 e. The molecule has 0 spiro atoms. The average molecular weight is 251 g/mol. The van der Waals surface area contributed by atoms with E-state index in [0.717, 1.165) is 5.56 Å². The van der Waals surface area contributed by atoms with Crippen LogP contribution in [0.15, 0.2) is 41.4 Å². The highest BCUT2D eigenvalue weighted by molar-refractivity contribution is 6.28. The number of nitrogens with one attached hydrogen (secondary N) is 1. The molecule has 0 saturated heterocycles. The average Bonchev–Trinajstić information content (AvgIpc) is 2.36. The number of alkyl halides is 1. The van der Waals surface area contributed by atoms with Gasteiger partial charge in [0.15, 0.2) is 0 Å². The van der Waals surface area contributed by atoms with Gasteiger partial charge in [-0.25, -0.2) is 9.79 Å². The van der Waals surface area contributed by atoms with Crippen molar-refractivity contribution in [1.29, 1.82) is 0 Å². The second-order valence-electron chi connectivity index (χ2n) is 3.03. The van der Waals surface area contributed by atoms with Gasteiger partial charge in [-0.15, -0.1) is 11.6 Å². The highest BCUT2D eigenvalue weighted by atomic mass is 35.5. The van der Waals surface area contributed by atoms with E-state index in [1.54, 1.807) is 12.2 Å². The lowest BCUT2D eigenvalue weighted by Crippen LogP contribution is -2.28. The summed E-state index contributed by atoms with van der Waals surface area (Å²) in [6.07, 6.45) is 4.71. The smallest absolute Gasteiger partial charge is 0.275 e. The molecule has 0 aliphatic rings. The summed E-state index contributed by atoms with van der Waals surface area (Å²) in [5, 5.41) is 1.99. The molecule has 0 unspecified atom stereocenters. The van der Waals surface area contributed by atoms with E-state index in [9.17, 15) is 9.59 Å². The number of urea groups is 1. The van der Waals surface area contributed by atoms with Gasteiger partial charge in [0, 0.05) is 6.21 Å². The summed E-state index contributed by atoms with van der Waals surface area (Å²) in [5.74, 6) is -0.831. The molecule has 3 amide bonds. The van der Waals surface area contributed by atoms with Crippen LogP contribution >= 0.6 is 11.6 Å². The van der Waals surface area contributed by atoms with Crippen molar-refractivity contribution in [3.05, 3.63) is 42.0 Å². The highest BCUT2D eigenvalue weighted by Gasteiger charge is 2.02. The Kier molecular flexibility index (Phi) is 5.68. The fraction of sp³-hybridized carbons (Fsp3) is 0.0833. The quantitative estimate of drug-likeness (QED) is 0.661. The number of amides is 3. The predicted octanol–water partition coefficient (Wildman–Crippen LogP) is 2.25. The molecule has 0 saturated carbocycles. The van der Waals surface area contributed by atoms with Gasteiger partial charge in [0.05, 0.1) is 0 Å². The van der Waals surface area contributed by atoms with E-state index >= 15 is 0 Å². The Labute approximate surface area is 104 Å². The maximum absolute atomic E-state index is 11.0. The first-order valence-electron chi connectivity index (χ1n) is 4.88. The number of rotatable bonds is 3. The molecule has 0 atom stereocenters. The van der Waals surface area contributed by atoms with Gasteiger partial charge < -0.3 is 0 Å². The lowest BCUT2D eigenvalue weighted by Gasteiger charge is -1.93. The second kappa shape index (κ2) is 7.35. The number of imide groups is 1. The molecule has 1 N–H and O–H groups in total. The highest BCUT2D eigenvalue weighted by Crippen LogP contribution is 1.99. The van der Waals surface area contributed by atoms with Crippen LogP contribution in [0, 0.1) is 0 Å². The molecule has 0 aliphatic carbocycles. The van der Waals surface area contributed by atoms with E-state index in [1.165, 1.54) is 6.21 Å². The van der Waals surface area contributed by atoms with Crippen LogP contribution in [0.2, 0.25) is 0 Å². The number of carbonyl (C=O) groups excluding carboxylic acids is 2. The van der Waals surface area contributed by atoms with E-state index in [2.05, 4.69) is 4.99 Å². The summed E-state index contributed by atoms with van der Waals surface area (Å²) in [5.41, 5.74) is 0.996. The molecule has 1 rings (SSSR count). The second-order valence-corrected chi connectivity index (χ2v) is 3.30. The Morgan fingerprint density at radius 2 is 2.00 bits per heavy atom. The molecule has 17 heavy (non-hydrogen) atoms. The summed E-state index contributed by atoms with van der Waals surface area (Å²) in [6, 6.07) is 8.83. The summed E-state index contributed by atoms with van der Waals surface area (Å²) in [6.45, 7) is 0. The summed E-state index contributed by atoms with van der Waals surface area (Å²) in [4.78, 5) is 25.2. The number of benzene rings is 1. The van der Waals surface area contributed by atoms with E-state index in [-0.39, 0.29) is 5.88 Å². The Morgan fingerprint density at radius 3 is 2.65 bits per heavy atom. The normalized spacial score (nSPS) is 10.9. The number of carbonyl (C=O) groups is 2. The molecule has 0 radical (unpaired) electrons. The first kappa shape index (κ1) is 13.1. The monoisotopic (exact) mass is 250 g/mol. The van der Waals surface area contributed by atoms with Crippen molar-refractivity contribution in [2.75, 3.05) is 5.88 Å². The minimum absolute atomic E-state index is 0.263. The van der Waals surface area contributed by atoms with E-state index in [0.29, 0.717) is 0 Å². The van der Waals surface area contributed by atoms with Crippen molar-refractivity contribution in [3.8, 4) is 0 Å². The van der Waals surface area contributed by atoms with Gasteiger partial charge in [0.25, 0.3) is 0 Å². The SMILES string of the molecule is O=C(CCl)NC(=O)N=CC=Cc1ccccc1. The summed E-state index contributed by atoms with van der Waals surface area (Å²) >= 11 is 5.21. The van der Waals surface area contributed by atoms with Crippen molar-refractivity contribution >= 4 is 35.8 Å². The molecule has 0 fully saturated rings.